The second-order valence-corrected chi connectivity index (χ2v) is 5.55. The molecule has 0 aliphatic heterocycles. The van der Waals surface area contributed by atoms with E-state index < -0.39 is 0 Å². The summed E-state index contributed by atoms with van der Waals surface area (Å²) in [7, 11) is 2.13. The molecule has 0 radical (unpaired) electrons. The molecule has 1 nitrogen and oxygen atoms in total. The third-order valence-corrected chi connectivity index (χ3v) is 4.52. The van der Waals surface area contributed by atoms with Crippen LogP contribution >= 0.6 is 0 Å². The van der Waals surface area contributed by atoms with Gasteiger partial charge in [-0.2, -0.15) is 0 Å². The van der Waals surface area contributed by atoms with Gasteiger partial charge >= 0.3 is 0 Å². The van der Waals surface area contributed by atoms with Crippen LogP contribution in [-0.4, -0.2) is 7.05 Å². The normalized spacial score (nSPS) is 18.2. The minimum Gasteiger partial charge on any atom is -0.313 e. The summed E-state index contributed by atoms with van der Waals surface area (Å²) >= 11 is 0. The topological polar surface area (TPSA) is 12.0 Å². The maximum Gasteiger partial charge on any atom is 0.0348 e. The van der Waals surface area contributed by atoms with Crippen molar-refractivity contribution in [2.24, 2.45) is 5.92 Å². The van der Waals surface area contributed by atoms with Gasteiger partial charge in [0.25, 0.3) is 0 Å². The van der Waals surface area contributed by atoms with Crippen LogP contribution in [-0.2, 0) is 12.8 Å². The SMILES string of the molecule is CCc1ccc(CC)c(C(NC)C2CCCC2)c1. The molecule has 1 heteroatoms. The first kappa shape index (κ1) is 13.6. The maximum absolute atomic E-state index is 3.59. The largest absolute Gasteiger partial charge is 0.313 e. The van der Waals surface area contributed by atoms with Gasteiger partial charge in [-0.25, -0.2) is 0 Å². The molecule has 0 saturated heterocycles. The molecule has 0 bridgehead atoms. The Morgan fingerprint density at radius 1 is 1.17 bits per heavy atom. The molecule has 0 amide bonds. The lowest BCUT2D eigenvalue weighted by Crippen LogP contribution is -2.25. The Bertz CT molecular complexity index is 377. The van der Waals surface area contributed by atoms with Crippen molar-refractivity contribution < 1.29 is 0 Å². The second kappa shape index (κ2) is 6.38. The van der Waals surface area contributed by atoms with E-state index >= 15 is 0 Å². The summed E-state index contributed by atoms with van der Waals surface area (Å²) in [6, 6.07) is 7.64. The fraction of sp³-hybridized carbons (Fsp3) is 0.647. The fourth-order valence-electron chi connectivity index (χ4n) is 3.41. The lowest BCUT2D eigenvalue weighted by molar-refractivity contribution is 0.388. The second-order valence-electron chi connectivity index (χ2n) is 5.55. The zero-order chi connectivity index (χ0) is 13.0. The molecule has 1 N–H and O–H groups in total. The van der Waals surface area contributed by atoms with Gasteiger partial charge in [-0.1, -0.05) is 44.9 Å². The lowest BCUT2D eigenvalue weighted by atomic mass is 9.87. The Morgan fingerprint density at radius 3 is 2.44 bits per heavy atom. The first-order valence-electron chi connectivity index (χ1n) is 7.59. The molecule has 1 atom stereocenters. The molecular formula is C17H27N. The highest BCUT2D eigenvalue weighted by molar-refractivity contribution is 5.35. The van der Waals surface area contributed by atoms with Crippen molar-refractivity contribution in [1.29, 1.82) is 0 Å². The Morgan fingerprint density at radius 2 is 1.89 bits per heavy atom. The molecule has 1 unspecified atom stereocenters. The monoisotopic (exact) mass is 245 g/mol. The van der Waals surface area contributed by atoms with Gasteiger partial charge in [-0.05, 0) is 55.3 Å². The minimum atomic E-state index is 0.564. The summed E-state index contributed by atoms with van der Waals surface area (Å²) in [5.41, 5.74) is 4.56. The predicted octanol–water partition coefficient (Wildman–Crippen LogP) is 4.26. The van der Waals surface area contributed by atoms with E-state index in [1.54, 1.807) is 5.56 Å². The Kier molecular flexibility index (Phi) is 4.82. The molecule has 1 aromatic carbocycles. The van der Waals surface area contributed by atoms with Crippen molar-refractivity contribution in [2.45, 2.75) is 58.4 Å². The van der Waals surface area contributed by atoms with Gasteiger partial charge in [0.1, 0.15) is 0 Å². The fourth-order valence-corrected chi connectivity index (χ4v) is 3.41. The van der Waals surface area contributed by atoms with Crippen LogP contribution < -0.4 is 5.32 Å². The average Bonchev–Trinajstić information content (AvgIpc) is 2.93. The van der Waals surface area contributed by atoms with Crippen LogP contribution in [0.4, 0.5) is 0 Å². The number of aryl methyl sites for hydroxylation is 2. The molecule has 0 heterocycles. The van der Waals surface area contributed by atoms with Gasteiger partial charge in [0.05, 0.1) is 0 Å². The van der Waals surface area contributed by atoms with Crippen molar-refractivity contribution in [3.05, 3.63) is 34.9 Å². The average molecular weight is 245 g/mol. The standard InChI is InChI=1S/C17H27N/c1-4-13-10-11-14(5-2)16(12-13)17(18-3)15-8-6-7-9-15/h10-12,15,17-18H,4-9H2,1-3H3. The summed E-state index contributed by atoms with van der Waals surface area (Å²) < 4.78 is 0. The van der Waals surface area contributed by atoms with Crippen LogP contribution in [0.15, 0.2) is 18.2 Å². The van der Waals surface area contributed by atoms with E-state index in [1.807, 2.05) is 0 Å². The van der Waals surface area contributed by atoms with Gasteiger partial charge in [0.15, 0.2) is 0 Å². The Labute approximate surface area is 112 Å². The number of hydrogen-bond acceptors (Lipinski definition) is 1. The lowest BCUT2D eigenvalue weighted by Gasteiger charge is -2.26. The van der Waals surface area contributed by atoms with E-state index in [4.69, 9.17) is 0 Å². The van der Waals surface area contributed by atoms with Crippen LogP contribution in [0.3, 0.4) is 0 Å². The van der Waals surface area contributed by atoms with E-state index in [0.717, 1.165) is 18.8 Å². The number of hydrogen-bond donors (Lipinski definition) is 1. The third kappa shape index (κ3) is 2.77. The summed E-state index contributed by atoms with van der Waals surface area (Å²) in [4.78, 5) is 0. The van der Waals surface area contributed by atoms with E-state index in [9.17, 15) is 0 Å². The molecule has 1 aliphatic rings. The molecule has 18 heavy (non-hydrogen) atoms. The molecule has 100 valence electrons. The zero-order valence-corrected chi connectivity index (χ0v) is 12.1. The highest BCUT2D eigenvalue weighted by atomic mass is 14.9. The molecular weight excluding hydrogens is 218 g/mol. The molecule has 0 aromatic heterocycles. The van der Waals surface area contributed by atoms with Crippen LogP contribution in [0.1, 0.15) is 62.3 Å². The quantitative estimate of drug-likeness (QED) is 0.817. The molecule has 1 aromatic rings. The van der Waals surface area contributed by atoms with Crippen molar-refractivity contribution in [3.8, 4) is 0 Å². The van der Waals surface area contributed by atoms with E-state index in [2.05, 4.69) is 44.4 Å². The summed E-state index contributed by atoms with van der Waals surface area (Å²) in [5.74, 6) is 0.840. The predicted molar refractivity (Wildman–Crippen MR) is 79.0 cm³/mol. The van der Waals surface area contributed by atoms with Crippen molar-refractivity contribution >= 4 is 0 Å². The zero-order valence-electron chi connectivity index (χ0n) is 12.1. The van der Waals surface area contributed by atoms with Crippen molar-refractivity contribution in [2.75, 3.05) is 7.05 Å². The van der Waals surface area contributed by atoms with Crippen LogP contribution in [0, 0.1) is 5.92 Å². The highest BCUT2D eigenvalue weighted by Gasteiger charge is 2.26. The van der Waals surface area contributed by atoms with Crippen molar-refractivity contribution in [1.82, 2.24) is 5.32 Å². The van der Waals surface area contributed by atoms with Gasteiger partial charge in [0.2, 0.25) is 0 Å². The van der Waals surface area contributed by atoms with Gasteiger partial charge < -0.3 is 5.32 Å². The van der Waals surface area contributed by atoms with Crippen molar-refractivity contribution in [3.63, 3.8) is 0 Å². The molecule has 1 saturated carbocycles. The van der Waals surface area contributed by atoms with Gasteiger partial charge in [-0.15, -0.1) is 0 Å². The molecule has 1 aliphatic carbocycles. The van der Waals surface area contributed by atoms with E-state index in [1.165, 1.54) is 36.8 Å². The Balaban J connectivity index is 2.32. The van der Waals surface area contributed by atoms with Crippen LogP contribution in [0.5, 0.6) is 0 Å². The van der Waals surface area contributed by atoms with Crippen LogP contribution in [0.2, 0.25) is 0 Å². The maximum atomic E-state index is 3.59. The number of rotatable bonds is 5. The molecule has 0 spiro atoms. The smallest absolute Gasteiger partial charge is 0.0348 e. The summed E-state index contributed by atoms with van der Waals surface area (Å²) in [6.45, 7) is 4.51. The van der Waals surface area contributed by atoms with Crippen LogP contribution in [0.25, 0.3) is 0 Å². The van der Waals surface area contributed by atoms with E-state index in [0.29, 0.717) is 6.04 Å². The summed E-state index contributed by atoms with van der Waals surface area (Å²) in [5, 5.41) is 3.59. The van der Waals surface area contributed by atoms with Gasteiger partial charge in [-0.3, -0.25) is 0 Å². The minimum absolute atomic E-state index is 0.564. The Hall–Kier alpha value is -0.820. The first-order valence-corrected chi connectivity index (χ1v) is 7.59. The first-order chi connectivity index (χ1) is 8.80. The van der Waals surface area contributed by atoms with E-state index in [-0.39, 0.29) is 0 Å². The van der Waals surface area contributed by atoms with Gasteiger partial charge in [0, 0.05) is 6.04 Å². The molecule has 2 rings (SSSR count). The summed E-state index contributed by atoms with van der Waals surface area (Å²) in [6.07, 6.45) is 7.90. The number of nitrogens with one attached hydrogen (secondary N) is 1. The highest BCUT2D eigenvalue weighted by Crippen LogP contribution is 2.37. The third-order valence-electron chi connectivity index (χ3n) is 4.52. The molecule has 1 fully saturated rings. The number of benzene rings is 1.